The van der Waals surface area contributed by atoms with E-state index in [1.54, 1.807) is 28.4 Å². The van der Waals surface area contributed by atoms with Crippen molar-refractivity contribution in [2.75, 3.05) is 26.8 Å². The zero-order valence-electron chi connectivity index (χ0n) is 17.1. The van der Waals surface area contributed by atoms with Gasteiger partial charge in [0.05, 0.1) is 6.04 Å². The number of carbonyl (C=O) groups excluding carboxylic acids is 2. The molecule has 5 nitrogen and oxygen atoms in total. The first-order chi connectivity index (χ1) is 14.0. The molecule has 1 aliphatic heterocycles. The highest BCUT2D eigenvalue weighted by Gasteiger charge is 2.34. The Bertz CT molecular complexity index is 852. The molecule has 156 valence electrons. The molecule has 2 heterocycles. The van der Waals surface area contributed by atoms with Gasteiger partial charge in [-0.1, -0.05) is 19.1 Å². The molecule has 1 aliphatic rings. The van der Waals surface area contributed by atoms with Crippen LogP contribution in [0.25, 0.3) is 0 Å². The van der Waals surface area contributed by atoms with E-state index in [1.807, 2.05) is 30.2 Å². The Morgan fingerprint density at radius 2 is 2.03 bits per heavy atom. The van der Waals surface area contributed by atoms with Crippen LogP contribution in [-0.4, -0.2) is 54.5 Å². The summed E-state index contributed by atoms with van der Waals surface area (Å²) in [6.07, 6.45) is 1.53. The second kappa shape index (κ2) is 9.50. The summed E-state index contributed by atoms with van der Waals surface area (Å²) in [5.41, 5.74) is 1.96. The van der Waals surface area contributed by atoms with Crippen LogP contribution in [0.2, 0.25) is 0 Å². The van der Waals surface area contributed by atoms with Crippen LogP contribution in [0.4, 0.5) is 4.39 Å². The summed E-state index contributed by atoms with van der Waals surface area (Å²) in [5.74, 6) is -0.608. The Kier molecular flexibility index (Phi) is 7.03. The van der Waals surface area contributed by atoms with E-state index in [0.29, 0.717) is 6.54 Å². The van der Waals surface area contributed by atoms with E-state index in [-0.39, 0.29) is 42.9 Å². The van der Waals surface area contributed by atoms with E-state index in [1.165, 1.54) is 24.1 Å². The Balaban J connectivity index is 1.89. The lowest BCUT2D eigenvalue weighted by Gasteiger charge is -2.38. The molecule has 0 saturated carbocycles. The zero-order chi connectivity index (χ0) is 21.0. The second-order valence-electron chi connectivity index (χ2n) is 7.30. The molecule has 0 aliphatic carbocycles. The summed E-state index contributed by atoms with van der Waals surface area (Å²) in [6, 6.07) is 8.02. The Morgan fingerprint density at radius 1 is 1.31 bits per heavy atom. The normalized spacial score (nSPS) is 17.0. The summed E-state index contributed by atoms with van der Waals surface area (Å²) in [5, 5.41) is 2.03. The van der Waals surface area contributed by atoms with Crippen molar-refractivity contribution in [1.82, 2.24) is 9.80 Å². The molecule has 2 atom stereocenters. The molecule has 0 N–H and O–H groups in total. The molecule has 7 heteroatoms. The van der Waals surface area contributed by atoms with Gasteiger partial charge >= 0.3 is 0 Å². The highest BCUT2D eigenvalue weighted by molar-refractivity contribution is 7.10. The van der Waals surface area contributed by atoms with Gasteiger partial charge in [0.25, 0.3) is 0 Å². The lowest BCUT2D eigenvalue weighted by atomic mass is 9.93. The minimum atomic E-state index is -0.305. The van der Waals surface area contributed by atoms with E-state index < -0.39 is 0 Å². The maximum Gasteiger partial charge on any atom is 0.249 e. The molecule has 0 radical (unpaired) electrons. The van der Waals surface area contributed by atoms with Crippen LogP contribution < -0.4 is 0 Å². The Labute approximate surface area is 175 Å². The number of ether oxygens (including phenoxy) is 1. The maximum atomic E-state index is 13.5. The summed E-state index contributed by atoms with van der Waals surface area (Å²) < 4.78 is 18.5. The second-order valence-corrected chi connectivity index (χ2v) is 8.30. The van der Waals surface area contributed by atoms with Gasteiger partial charge < -0.3 is 14.5 Å². The average Bonchev–Trinajstić information content (AvgIpc) is 3.20. The molecule has 29 heavy (non-hydrogen) atoms. The SMILES string of the molecule is CC[C@H](C)N(CC(=O)N1CCc2sccc2[C@H]1c1ccc(F)cc1)C(=O)COC. The van der Waals surface area contributed by atoms with Gasteiger partial charge in [0.2, 0.25) is 11.8 Å². The van der Waals surface area contributed by atoms with Crippen LogP contribution in [0.5, 0.6) is 0 Å². The fourth-order valence-corrected chi connectivity index (χ4v) is 4.65. The number of methoxy groups -OCH3 is 1. The minimum Gasteiger partial charge on any atom is -0.375 e. The largest absolute Gasteiger partial charge is 0.375 e. The van der Waals surface area contributed by atoms with E-state index in [0.717, 1.165) is 24.0 Å². The molecule has 0 bridgehead atoms. The van der Waals surface area contributed by atoms with Crippen LogP contribution in [0.15, 0.2) is 35.7 Å². The molecular weight excluding hydrogens is 391 g/mol. The number of thiophene rings is 1. The van der Waals surface area contributed by atoms with Crippen LogP contribution in [0, 0.1) is 5.82 Å². The maximum absolute atomic E-state index is 13.5. The van der Waals surface area contributed by atoms with Gasteiger partial charge in [-0.15, -0.1) is 11.3 Å². The van der Waals surface area contributed by atoms with Crippen molar-refractivity contribution in [3.63, 3.8) is 0 Å². The van der Waals surface area contributed by atoms with Gasteiger partial charge in [0.15, 0.2) is 0 Å². The van der Waals surface area contributed by atoms with Gasteiger partial charge in [-0.2, -0.15) is 0 Å². The number of hydrogen-bond donors (Lipinski definition) is 0. The number of fused-ring (bicyclic) bond motifs is 1. The summed E-state index contributed by atoms with van der Waals surface area (Å²) >= 11 is 1.68. The summed E-state index contributed by atoms with van der Waals surface area (Å²) in [4.78, 5) is 30.5. The average molecular weight is 419 g/mol. The number of nitrogens with zero attached hydrogens (tertiary/aromatic N) is 2. The molecule has 2 aromatic rings. The van der Waals surface area contributed by atoms with Crippen molar-refractivity contribution in [1.29, 1.82) is 0 Å². The van der Waals surface area contributed by atoms with E-state index in [2.05, 4.69) is 0 Å². The fraction of sp³-hybridized carbons (Fsp3) is 0.455. The first-order valence-electron chi connectivity index (χ1n) is 9.85. The summed E-state index contributed by atoms with van der Waals surface area (Å²) in [7, 11) is 1.47. The van der Waals surface area contributed by atoms with Crippen molar-refractivity contribution in [2.24, 2.45) is 0 Å². The molecule has 1 aromatic carbocycles. The molecule has 0 saturated heterocycles. The molecule has 3 rings (SSSR count). The molecule has 0 fully saturated rings. The monoisotopic (exact) mass is 418 g/mol. The van der Waals surface area contributed by atoms with Crippen LogP contribution in [-0.2, 0) is 20.7 Å². The third-order valence-electron chi connectivity index (χ3n) is 5.49. The molecular formula is C22H27FN2O3S. The highest BCUT2D eigenvalue weighted by Crippen LogP contribution is 2.38. The van der Waals surface area contributed by atoms with Gasteiger partial charge in [-0.25, -0.2) is 4.39 Å². The van der Waals surface area contributed by atoms with Crippen LogP contribution in [0.3, 0.4) is 0 Å². The van der Waals surface area contributed by atoms with Crippen molar-refractivity contribution in [2.45, 2.75) is 38.8 Å². The van der Waals surface area contributed by atoms with Crippen LogP contribution in [0.1, 0.15) is 42.3 Å². The summed E-state index contributed by atoms with van der Waals surface area (Å²) in [6.45, 7) is 4.46. The Hall–Kier alpha value is -2.25. The number of carbonyl (C=O) groups is 2. The van der Waals surface area contributed by atoms with Gasteiger partial charge in [0, 0.05) is 24.6 Å². The van der Waals surface area contributed by atoms with Gasteiger partial charge in [0.1, 0.15) is 19.0 Å². The standard InChI is InChI=1S/C22H27FN2O3S/c1-4-15(2)25(21(27)14-28-3)13-20(26)24-11-9-19-18(10-12-29-19)22(24)16-5-7-17(23)8-6-16/h5-8,10,12,15,22H,4,9,11,13-14H2,1-3H3/t15-,22+/m0/s1. The fourth-order valence-electron chi connectivity index (χ4n) is 3.74. The number of halogens is 1. The third-order valence-corrected chi connectivity index (χ3v) is 6.49. The van der Waals surface area contributed by atoms with E-state index in [9.17, 15) is 14.0 Å². The number of benzene rings is 1. The van der Waals surface area contributed by atoms with Crippen molar-refractivity contribution in [3.05, 3.63) is 57.5 Å². The van der Waals surface area contributed by atoms with Crippen LogP contribution >= 0.6 is 11.3 Å². The lowest BCUT2D eigenvalue weighted by molar-refractivity contribution is -0.145. The highest BCUT2D eigenvalue weighted by atomic mass is 32.1. The molecule has 0 spiro atoms. The minimum absolute atomic E-state index is 0.00830. The number of rotatable bonds is 7. The smallest absolute Gasteiger partial charge is 0.249 e. The quantitative estimate of drug-likeness (QED) is 0.690. The van der Waals surface area contributed by atoms with Gasteiger partial charge in [-0.3, -0.25) is 9.59 Å². The van der Waals surface area contributed by atoms with E-state index >= 15 is 0 Å². The first-order valence-corrected chi connectivity index (χ1v) is 10.7. The van der Waals surface area contributed by atoms with Crippen molar-refractivity contribution in [3.8, 4) is 0 Å². The molecule has 0 unspecified atom stereocenters. The first kappa shape index (κ1) is 21.5. The lowest BCUT2D eigenvalue weighted by Crippen LogP contribution is -2.49. The topological polar surface area (TPSA) is 49.9 Å². The predicted molar refractivity (Wildman–Crippen MR) is 111 cm³/mol. The van der Waals surface area contributed by atoms with Gasteiger partial charge in [-0.05, 0) is 54.5 Å². The number of hydrogen-bond acceptors (Lipinski definition) is 4. The Morgan fingerprint density at radius 3 is 2.69 bits per heavy atom. The van der Waals surface area contributed by atoms with Crippen molar-refractivity contribution >= 4 is 23.2 Å². The zero-order valence-corrected chi connectivity index (χ0v) is 17.9. The third kappa shape index (κ3) is 4.67. The predicted octanol–water partition coefficient (Wildman–Crippen LogP) is 3.63. The molecule has 2 amide bonds. The number of amides is 2. The molecule has 1 aromatic heterocycles. The van der Waals surface area contributed by atoms with E-state index in [4.69, 9.17) is 4.74 Å². The van der Waals surface area contributed by atoms with Crippen molar-refractivity contribution < 1.29 is 18.7 Å².